The number of piperazine rings is 1. The van der Waals surface area contributed by atoms with E-state index in [0.717, 1.165) is 51.4 Å². The zero-order chi connectivity index (χ0) is 19.6. The van der Waals surface area contributed by atoms with Crippen LogP contribution in [0.3, 0.4) is 0 Å². The van der Waals surface area contributed by atoms with Crippen molar-refractivity contribution in [1.82, 2.24) is 14.7 Å². The van der Waals surface area contributed by atoms with E-state index in [1.165, 1.54) is 11.1 Å². The Kier molecular flexibility index (Phi) is 9.28. The molecule has 0 unspecified atom stereocenters. The maximum Gasteiger partial charge on any atom is 0.119 e. The van der Waals surface area contributed by atoms with E-state index in [4.69, 9.17) is 4.74 Å². The topological polar surface area (TPSA) is 39.2 Å². The minimum absolute atomic E-state index is 0.253. The highest BCUT2D eigenvalue weighted by atomic mass is 16.5. The third kappa shape index (κ3) is 8.01. The standard InChI is InChI=1S/C22H37N3O2/c1-19(2)9-11-25-13-12-24(18-21(25)10-15-26)17-20-5-7-22(8-6-20)27-16-14-23(3)4/h5-9,21,26H,10-18H2,1-4H3/t21-/m0/s1. The first-order chi connectivity index (χ1) is 13.0. The second-order valence-electron chi connectivity index (χ2n) is 7.97. The Bertz CT molecular complexity index is 567. The van der Waals surface area contributed by atoms with E-state index in [2.05, 4.69) is 73.0 Å². The molecule has 1 aromatic carbocycles. The van der Waals surface area contributed by atoms with Crippen molar-refractivity contribution in [2.75, 3.05) is 60.0 Å². The van der Waals surface area contributed by atoms with Gasteiger partial charge in [-0.05, 0) is 52.1 Å². The van der Waals surface area contributed by atoms with Crippen molar-refractivity contribution >= 4 is 0 Å². The summed E-state index contributed by atoms with van der Waals surface area (Å²) in [6, 6.07) is 8.90. The first-order valence-electron chi connectivity index (χ1n) is 10.0. The second kappa shape index (κ2) is 11.4. The molecular formula is C22H37N3O2. The van der Waals surface area contributed by atoms with Crippen molar-refractivity contribution in [2.45, 2.75) is 32.9 Å². The molecule has 1 heterocycles. The number of aliphatic hydroxyl groups excluding tert-OH is 1. The highest BCUT2D eigenvalue weighted by Crippen LogP contribution is 2.18. The summed E-state index contributed by atoms with van der Waals surface area (Å²) in [6.07, 6.45) is 3.13. The fourth-order valence-corrected chi connectivity index (χ4v) is 3.36. The molecule has 2 rings (SSSR count). The highest BCUT2D eigenvalue weighted by Gasteiger charge is 2.25. The summed E-state index contributed by atoms with van der Waals surface area (Å²) < 4.78 is 5.78. The predicted octanol–water partition coefficient (Wildman–Crippen LogP) is 2.46. The average molecular weight is 376 g/mol. The minimum atomic E-state index is 0.253. The number of nitrogens with zero attached hydrogens (tertiary/aromatic N) is 3. The number of rotatable bonds is 10. The SMILES string of the molecule is CC(C)=CCN1CCN(Cc2ccc(OCCN(C)C)cc2)C[C@@H]1CCO. The van der Waals surface area contributed by atoms with Crippen LogP contribution in [0.25, 0.3) is 0 Å². The van der Waals surface area contributed by atoms with Crippen LogP contribution < -0.4 is 4.74 Å². The van der Waals surface area contributed by atoms with Gasteiger partial charge in [0.05, 0.1) is 0 Å². The van der Waals surface area contributed by atoms with Crippen molar-refractivity contribution in [1.29, 1.82) is 0 Å². The molecule has 27 heavy (non-hydrogen) atoms. The Labute approximate surface area is 165 Å². The van der Waals surface area contributed by atoms with Crippen LogP contribution in [0.2, 0.25) is 0 Å². The Hall–Kier alpha value is -1.40. The predicted molar refractivity (Wildman–Crippen MR) is 112 cm³/mol. The van der Waals surface area contributed by atoms with Crippen LogP contribution in [0, 0.1) is 0 Å². The van der Waals surface area contributed by atoms with E-state index in [0.29, 0.717) is 12.6 Å². The Morgan fingerprint density at radius 3 is 2.59 bits per heavy atom. The van der Waals surface area contributed by atoms with Crippen LogP contribution in [-0.4, -0.2) is 85.9 Å². The molecule has 0 spiro atoms. The van der Waals surface area contributed by atoms with Gasteiger partial charge < -0.3 is 14.7 Å². The molecule has 0 aliphatic carbocycles. The van der Waals surface area contributed by atoms with Crippen molar-refractivity contribution in [3.8, 4) is 5.75 Å². The summed E-state index contributed by atoms with van der Waals surface area (Å²) in [5.41, 5.74) is 2.67. The van der Waals surface area contributed by atoms with E-state index in [1.54, 1.807) is 0 Å². The van der Waals surface area contributed by atoms with Crippen molar-refractivity contribution in [2.24, 2.45) is 0 Å². The van der Waals surface area contributed by atoms with Crippen LogP contribution in [0.1, 0.15) is 25.8 Å². The number of allylic oxidation sites excluding steroid dienone is 1. The Morgan fingerprint density at radius 2 is 1.96 bits per heavy atom. The molecule has 1 aliphatic heterocycles. The lowest BCUT2D eigenvalue weighted by atomic mass is 10.1. The molecule has 0 bridgehead atoms. The van der Waals surface area contributed by atoms with Gasteiger partial charge in [0, 0.05) is 51.9 Å². The average Bonchev–Trinajstić information content (AvgIpc) is 2.62. The van der Waals surface area contributed by atoms with Gasteiger partial charge in [-0.2, -0.15) is 0 Å². The third-order valence-electron chi connectivity index (χ3n) is 5.02. The van der Waals surface area contributed by atoms with E-state index in [-0.39, 0.29) is 6.61 Å². The molecule has 1 fully saturated rings. The second-order valence-corrected chi connectivity index (χ2v) is 7.97. The molecule has 0 radical (unpaired) electrons. The summed E-state index contributed by atoms with van der Waals surface area (Å²) in [6.45, 7) is 11.3. The summed E-state index contributed by atoms with van der Waals surface area (Å²) in [7, 11) is 4.10. The van der Waals surface area contributed by atoms with Gasteiger partial charge in [-0.15, -0.1) is 0 Å². The first kappa shape index (κ1) is 21.9. The van der Waals surface area contributed by atoms with Gasteiger partial charge >= 0.3 is 0 Å². The molecular weight excluding hydrogens is 338 g/mol. The number of likely N-dealkylation sites (N-methyl/N-ethyl adjacent to an activating group) is 1. The monoisotopic (exact) mass is 375 g/mol. The Balaban J connectivity index is 1.85. The molecule has 0 amide bonds. The lowest BCUT2D eigenvalue weighted by Gasteiger charge is -2.41. The summed E-state index contributed by atoms with van der Waals surface area (Å²) >= 11 is 0. The van der Waals surface area contributed by atoms with Crippen molar-refractivity contribution < 1.29 is 9.84 Å². The molecule has 1 aliphatic rings. The first-order valence-corrected chi connectivity index (χ1v) is 10.0. The molecule has 152 valence electrons. The van der Waals surface area contributed by atoms with E-state index in [1.807, 2.05) is 0 Å². The Morgan fingerprint density at radius 1 is 1.22 bits per heavy atom. The van der Waals surface area contributed by atoms with Gasteiger partial charge in [-0.1, -0.05) is 23.8 Å². The summed E-state index contributed by atoms with van der Waals surface area (Å²) in [5.74, 6) is 0.935. The normalized spacial score (nSPS) is 18.7. The van der Waals surface area contributed by atoms with Gasteiger partial charge in [-0.25, -0.2) is 0 Å². The van der Waals surface area contributed by atoms with E-state index < -0.39 is 0 Å². The minimum Gasteiger partial charge on any atom is -0.492 e. The fourth-order valence-electron chi connectivity index (χ4n) is 3.36. The van der Waals surface area contributed by atoms with Crippen molar-refractivity contribution in [3.05, 3.63) is 41.5 Å². The van der Waals surface area contributed by atoms with Crippen LogP contribution in [0.5, 0.6) is 5.75 Å². The van der Waals surface area contributed by atoms with Gasteiger partial charge in [0.25, 0.3) is 0 Å². The molecule has 0 saturated carbocycles. The van der Waals surface area contributed by atoms with E-state index in [9.17, 15) is 5.11 Å². The maximum absolute atomic E-state index is 9.45. The zero-order valence-corrected chi connectivity index (χ0v) is 17.5. The molecule has 1 saturated heterocycles. The third-order valence-corrected chi connectivity index (χ3v) is 5.02. The van der Waals surface area contributed by atoms with Crippen LogP contribution >= 0.6 is 0 Å². The van der Waals surface area contributed by atoms with Crippen LogP contribution in [-0.2, 0) is 6.54 Å². The van der Waals surface area contributed by atoms with Crippen LogP contribution in [0.4, 0.5) is 0 Å². The molecule has 1 aromatic rings. The molecule has 0 aromatic heterocycles. The van der Waals surface area contributed by atoms with Crippen LogP contribution in [0.15, 0.2) is 35.9 Å². The smallest absolute Gasteiger partial charge is 0.119 e. The molecule has 1 N–H and O–H groups in total. The fraction of sp³-hybridized carbons (Fsp3) is 0.636. The molecule has 5 heteroatoms. The largest absolute Gasteiger partial charge is 0.492 e. The number of ether oxygens (including phenoxy) is 1. The highest BCUT2D eigenvalue weighted by molar-refractivity contribution is 5.27. The summed E-state index contributed by atoms with van der Waals surface area (Å²) in [5, 5.41) is 9.45. The quantitative estimate of drug-likeness (QED) is 0.636. The lowest BCUT2D eigenvalue weighted by Crippen LogP contribution is -2.53. The maximum atomic E-state index is 9.45. The molecule has 5 nitrogen and oxygen atoms in total. The van der Waals surface area contributed by atoms with Gasteiger partial charge in [-0.3, -0.25) is 9.80 Å². The summed E-state index contributed by atoms with van der Waals surface area (Å²) in [4.78, 5) is 7.12. The lowest BCUT2D eigenvalue weighted by molar-refractivity contribution is 0.0636. The number of hydrogen-bond acceptors (Lipinski definition) is 5. The van der Waals surface area contributed by atoms with Crippen molar-refractivity contribution in [3.63, 3.8) is 0 Å². The van der Waals surface area contributed by atoms with Gasteiger partial charge in [0.1, 0.15) is 12.4 Å². The number of hydrogen-bond donors (Lipinski definition) is 1. The van der Waals surface area contributed by atoms with Gasteiger partial charge in [0.2, 0.25) is 0 Å². The molecule has 1 atom stereocenters. The van der Waals surface area contributed by atoms with E-state index >= 15 is 0 Å². The zero-order valence-electron chi connectivity index (χ0n) is 17.5. The number of aliphatic hydroxyl groups is 1. The number of benzene rings is 1. The van der Waals surface area contributed by atoms with Gasteiger partial charge in [0.15, 0.2) is 0 Å².